The zero-order valence-corrected chi connectivity index (χ0v) is 26.9. The number of hydrogen-bond donors (Lipinski definition) is 4. The Morgan fingerprint density at radius 3 is 2.31 bits per heavy atom. The van der Waals surface area contributed by atoms with E-state index in [1.807, 2.05) is 0 Å². The number of amides is 2. The maximum absolute atomic E-state index is 13.8. The van der Waals surface area contributed by atoms with Crippen LogP contribution in [0.1, 0.15) is 67.3 Å². The van der Waals surface area contributed by atoms with Gasteiger partial charge in [0.25, 0.3) is 12.3 Å². The van der Waals surface area contributed by atoms with E-state index in [9.17, 15) is 44.7 Å². The van der Waals surface area contributed by atoms with Crippen molar-refractivity contribution in [3.8, 4) is 5.88 Å². The summed E-state index contributed by atoms with van der Waals surface area (Å²) in [5.41, 5.74) is -2.41. The van der Waals surface area contributed by atoms with Gasteiger partial charge < -0.3 is 25.7 Å². The molecule has 268 valence electrons. The van der Waals surface area contributed by atoms with Crippen LogP contribution in [-0.2, 0) is 11.3 Å². The minimum Gasteiger partial charge on any atom is -0.471 e. The highest BCUT2D eigenvalue weighted by atomic mass is 35.5. The van der Waals surface area contributed by atoms with Crippen molar-refractivity contribution in [1.29, 1.82) is 0 Å². The quantitative estimate of drug-likeness (QED) is 0.155. The molecule has 19 heteroatoms. The van der Waals surface area contributed by atoms with Crippen LogP contribution in [0.3, 0.4) is 0 Å². The second-order valence-electron chi connectivity index (χ2n) is 12.1. The number of aromatic nitrogens is 3. The summed E-state index contributed by atoms with van der Waals surface area (Å²) < 4.78 is 112. The zero-order chi connectivity index (χ0) is 35.7. The molecule has 2 aliphatic rings. The Bertz CT molecular complexity index is 1690. The number of H-pyrrole nitrogens is 1. The summed E-state index contributed by atoms with van der Waals surface area (Å²) in [7, 11) is 0. The molecule has 3 aromatic rings. The van der Waals surface area contributed by atoms with Gasteiger partial charge in [0.2, 0.25) is 17.7 Å². The number of hydrogen-bond acceptors (Lipinski definition) is 6. The molecule has 0 aliphatic heterocycles. The Morgan fingerprint density at radius 1 is 1.02 bits per heavy atom. The van der Waals surface area contributed by atoms with Crippen molar-refractivity contribution in [2.75, 3.05) is 11.9 Å². The maximum atomic E-state index is 13.8. The van der Waals surface area contributed by atoms with Crippen LogP contribution in [0.15, 0.2) is 18.2 Å². The Hall–Kier alpha value is -3.60. The van der Waals surface area contributed by atoms with Crippen molar-refractivity contribution in [3.05, 3.63) is 39.4 Å². The summed E-state index contributed by atoms with van der Waals surface area (Å²) in [5, 5.41) is 7.81. The van der Waals surface area contributed by atoms with Crippen LogP contribution in [0, 0.1) is 11.3 Å². The van der Waals surface area contributed by atoms with Gasteiger partial charge in [-0.05, 0) is 56.2 Å². The highest BCUT2D eigenvalue weighted by molar-refractivity contribution is 6.39. The van der Waals surface area contributed by atoms with Crippen molar-refractivity contribution in [2.45, 2.75) is 82.7 Å². The molecule has 49 heavy (non-hydrogen) atoms. The molecule has 2 saturated carbocycles. The molecule has 0 bridgehead atoms. The van der Waals surface area contributed by atoms with Gasteiger partial charge in [0.15, 0.2) is 12.3 Å². The molecule has 2 heterocycles. The van der Waals surface area contributed by atoms with E-state index in [1.54, 1.807) is 0 Å². The molecule has 1 aromatic carbocycles. The number of nitrogens with zero attached hydrogens (tertiary/aromatic N) is 2. The van der Waals surface area contributed by atoms with Crippen LogP contribution in [0.5, 0.6) is 5.88 Å². The SMILES string of the molecule is O=C(NC1CCC(C(F)(F)F)CC1)c1cc2[nH]c(Nc3c(Cl)ccc(CNC(=O)C4(C(F)(F)F)CCCC4)c3Cl)nc2nc1OCC(F)F. The number of pyridine rings is 1. The Kier molecular flexibility index (Phi) is 10.7. The second-order valence-corrected chi connectivity index (χ2v) is 12.8. The molecule has 0 radical (unpaired) electrons. The van der Waals surface area contributed by atoms with Crippen molar-refractivity contribution in [2.24, 2.45) is 11.3 Å². The predicted molar refractivity (Wildman–Crippen MR) is 163 cm³/mol. The fraction of sp³-hybridized carbons (Fsp3) is 0.533. The van der Waals surface area contributed by atoms with Gasteiger partial charge in [0, 0.05) is 12.6 Å². The van der Waals surface area contributed by atoms with E-state index in [0.717, 1.165) is 0 Å². The van der Waals surface area contributed by atoms with Gasteiger partial charge in [-0.15, -0.1) is 0 Å². The summed E-state index contributed by atoms with van der Waals surface area (Å²) in [4.78, 5) is 37.1. The fourth-order valence-electron chi connectivity index (χ4n) is 6.16. The third-order valence-electron chi connectivity index (χ3n) is 8.84. The molecule has 9 nitrogen and oxygen atoms in total. The highest BCUT2D eigenvalue weighted by Crippen LogP contribution is 2.50. The number of ether oxygens (including phenoxy) is 1. The van der Waals surface area contributed by atoms with Gasteiger partial charge in [-0.3, -0.25) is 9.59 Å². The number of anilines is 2. The Labute approximate surface area is 283 Å². The number of fused-ring (bicyclic) bond motifs is 1. The summed E-state index contributed by atoms with van der Waals surface area (Å²) in [6.07, 6.45) is -12.3. The van der Waals surface area contributed by atoms with Gasteiger partial charge in [-0.2, -0.15) is 36.3 Å². The monoisotopic (exact) mass is 744 g/mol. The van der Waals surface area contributed by atoms with Gasteiger partial charge in [0.05, 0.1) is 27.2 Å². The van der Waals surface area contributed by atoms with Crippen molar-refractivity contribution < 1.29 is 49.4 Å². The summed E-state index contributed by atoms with van der Waals surface area (Å²) in [5.74, 6) is -3.96. The number of aromatic amines is 1. The van der Waals surface area contributed by atoms with Crippen LogP contribution < -0.4 is 20.7 Å². The number of halogens is 10. The molecule has 0 unspecified atom stereocenters. The lowest BCUT2D eigenvalue weighted by Crippen LogP contribution is -2.48. The van der Waals surface area contributed by atoms with Crippen LogP contribution in [0.2, 0.25) is 10.0 Å². The zero-order valence-electron chi connectivity index (χ0n) is 25.4. The molecule has 4 N–H and O–H groups in total. The minimum absolute atomic E-state index is 0.0442. The molecule has 2 fully saturated rings. The van der Waals surface area contributed by atoms with Crippen molar-refractivity contribution >= 4 is 57.8 Å². The fourth-order valence-corrected chi connectivity index (χ4v) is 6.69. The lowest BCUT2D eigenvalue weighted by molar-refractivity contribution is -0.220. The molecule has 2 aliphatic carbocycles. The van der Waals surface area contributed by atoms with E-state index in [0.29, 0.717) is 0 Å². The number of carbonyl (C=O) groups is 2. The van der Waals surface area contributed by atoms with Crippen LogP contribution >= 0.6 is 23.2 Å². The molecule has 0 saturated heterocycles. The van der Waals surface area contributed by atoms with Gasteiger partial charge in [-0.1, -0.05) is 42.1 Å². The topological polar surface area (TPSA) is 121 Å². The number of rotatable bonds is 10. The third-order valence-corrected chi connectivity index (χ3v) is 9.59. The smallest absolute Gasteiger partial charge is 0.403 e. The lowest BCUT2D eigenvalue weighted by atomic mass is 9.84. The van der Waals surface area contributed by atoms with E-state index < -0.39 is 60.5 Å². The lowest BCUT2D eigenvalue weighted by Gasteiger charge is -2.30. The first-order chi connectivity index (χ1) is 23.0. The van der Waals surface area contributed by atoms with E-state index in [-0.39, 0.29) is 102 Å². The maximum Gasteiger partial charge on any atom is 0.403 e. The van der Waals surface area contributed by atoms with Crippen LogP contribution in [-0.4, -0.2) is 58.2 Å². The van der Waals surface area contributed by atoms with Crippen molar-refractivity contribution in [3.63, 3.8) is 0 Å². The number of alkyl halides is 8. The molecule has 5 rings (SSSR count). The Morgan fingerprint density at radius 2 is 1.69 bits per heavy atom. The van der Waals surface area contributed by atoms with E-state index >= 15 is 0 Å². The van der Waals surface area contributed by atoms with Crippen molar-refractivity contribution in [1.82, 2.24) is 25.6 Å². The van der Waals surface area contributed by atoms with E-state index in [2.05, 4.69) is 30.9 Å². The minimum atomic E-state index is -4.72. The Balaban J connectivity index is 1.34. The number of benzene rings is 1. The first kappa shape index (κ1) is 36.7. The molecule has 2 aromatic heterocycles. The third kappa shape index (κ3) is 8.08. The van der Waals surface area contributed by atoms with E-state index in [4.69, 9.17) is 27.9 Å². The van der Waals surface area contributed by atoms with Gasteiger partial charge >= 0.3 is 12.4 Å². The van der Waals surface area contributed by atoms with Gasteiger partial charge in [-0.25, -0.2) is 8.78 Å². The van der Waals surface area contributed by atoms with Crippen LogP contribution in [0.4, 0.5) is 46.8 Å². The summed E-state index contributed by atoms with van der Waals surface area (Å²) >= 11 is 12.9. The van der Waals surface area contributed by atoms with E-state index in [1.165, 1.54) is 18.2 Å². The largest absolute Gasteiger partial charge is 0.471 e. The normalized spacial score (nSPS) is 19.7. The highest BCUT2D eigenvalue weighted by Gasteiger charge is 2.60. The average molecular weight is 745 g/mol. The molecule has 0 spiro atoms. The number of imidazole rings is 1. The molecule has 0 atom stereocenters. The van der Waals surface area contributed by atoms with Gasteiger partial charge in [0.1, 0.15) is 11.0 Å². The first-order valence-corrected chi connectivity index (χ1v) is 16.0. The van der Waals surface area contributed by atoms with Crippen LogP contribution in [0.25, 0.3) is 11.2 Å². The summed E-state index contributed by atoms with van der Waals surface area (Å²) in [6.45, 7) is -1.45. The molecular weight excluding hydrogens is 715 g/mol. The standard InChI is InChI=1S/C30H30Cl2F8N6O3/c31-18-8-3-14(12-41-26(48)28(30(38,39)40)9-1-2-10-28)21(32)22(18)44-27-43-19-11-17(25(45-23(19)46-27)49-13-20(33)34)24(47)42-16-6-4-15(5-7-16)29(35,36)37/h3,8,11,15-16,20H,1-2,4-7,9-10,12-13H2,(H,41,48)(H,42,47)(H2,43,44,45,46). The molecular formula is C30H30Cl2F8N6O3. The predicted octanol–water partition coefficient (Wildman–Crippen LogP) is 8.24. The number of nitrogens with one attached hydrogen (secondary N) is 4. The molecule has 2 amide bonds. The number of carbonyl (C=O) groups excluding carboxylic acids is 2. The second kappa shape index (κ2) is 14.3. The summed E-state index contributed by atoms with van der Waals surface area (Å²) in [6, 6.07) is 3.46. The first-order valence-electron chi connectivity index (χ1n) is 15.3. The average Bonchev–Trinajstić information content (AvgIpc) is 3.69.